The second kappa shape index (κ2) is 5.20. The molecule has 2 heterocycles. The molecule has 1 aliphatic carbocycles. The molecule has 4 nitrogen and oxygen atoms in total. The molecule has 3 rings (SSSR count). The average molecular weight is 293 g/mol. The predicted molar refractivity (Wildman–Crippen MR) is 77.2 cm³/mol. The second-order valence-corrected chi connectivity index (χ2v) is 7.12. The Hall–Kier alpha value is -1.36. The maximum atomic E-state index is 12.5. The number of carbonyl (C=O) groups is 2. The van der Waals surface area contributed by atoms with Gasteiger partial charge in [-0.3, -0.25) is 9.59 Å². The van der Waals surface area contributed by atoms with Crippen LogP contribution in [0.4, 0.5) is 0 Å². The Bertz CT molecular complexity index is 551. The molecule has 20 heavy (non-hydrogen) atoms. The van der Waals surface area contributed by atoms with Crippen molar-refractivity contribution in [2.45, 2.75) is 32.6 Å². The van der Waals surface area contributed by atoms with E-state index in [-0.39, 0.29) is 5.91 Å². The summed E-state index contributed by atoms with van der Waals surface area (Å²) in [7, 11) is 0. The fourth-order valence-corrected chi connectivity index (χ4v) is 4.29. The lowest BCUT2D eigenvalue weighted by atomic mass is 9.90. The number of aryl methyl sites for hydroxylation is 1. The van der Waals surface area contributed by atoms with Gasteiger partial charge in [0.1, 0.15) is 0 Å². The van der Waals surface area contributed by atoms with E-state index in [1.807, 2.05) is 6.07 Å². The Kier molecular flexibility index (Phi) is 3.54. The number of hydrogen-bond donors (Lipinski definition) is 1. The fraction of sp³-hybridized carbons (Fsp3) is 0.600. The highest BCUT2D eigenvalue weighted by atomic mass is 32.1. The molecule has 5 heteroatoms. The fourth-order valence-electron chi connectivity index (χ4n) is 3.11. The first-order valence-corrected chi connectivity index (χ1v) is 8.00. The Morgan fingerprint density at radius 2 is 2.20 bits per heavy atom. The van der Waals surface area contributed by atoms with Crippen LogP contribution in [0.3, 0.4) is 0 Å². The molecule has 2 aliphatic rings. The number of amides is 1. The zero-order chi connectivity index (χ0) is 14.3. The molecule has 0 radical (unpaired) electrons. The number of rotatable bonds is 2. The van der Waals surface area contributed by atoms with E-state index < -0.39 is 11.9 Å². The van der Waals surface area contributed by atoms with E-state index in [9.17, 15) is 9.59 Å². The normalized spacial score (nSPS) is 25.6. The average Bonchev–Trinajstić information content (AvgIpc) is 3.03. The largest absolute Gasteiger partial charge is 0.481 e. The number of aliphatic carboxylic acids is 1. The molecule has 0 spiro atoms. The summed E-state index contributed by atoms with van der Waals surface area (Å²) in [5.41, 5.74) is 1.33. The van der Waals surface area contributed by atoms with Gasteiger partial charge in [0.25, 0.3) is 5.91 Å². The summed E-state index contributed by atoms with van der Waals surface area (Å²) in [5, 5.41) is 9.01. The first kappa shape index (κ1) is 13.6. The van der Waals surface area contributed by atoms with E-state index in [1.54, 1.807) is 16.2 Å². The van der Waals surface area contributed by atoms with Gasteiger partial charge in [-0.25, -0.2) is 0 Å². The summed E-state index contributed by atoms with van der Waals surface area (Å²) in [5.74, 6) is -0.475. The number of carboxylic acids is 1. The van der Waals surface area contributed by atoms with Crippen LogP contribution in [-0.2, 0) is 17.6 Å². The van der Waals surface area contributed by atoms with Gasteiger partial charge in [-0.2, -0.15) is 0 Å². The molecule has 1 amide bonds. The number of thiophene rings is 1. The highest BCUT2D eigenvalue weighted by Gasteiger charge is 2.32. The standard InChI is InChI=1S/C15H19NO3S/c1-9-2-3-12-11(6-9)7-13(20-12)14(17)16-5-4-10(8-16)15(18)19/h7,9-10H,2-6,8H2,1H3,(H,18,19)/t9-,10+/m0/s1. The second-order valence-electron chi connectivity index (χ2n) is 5.98. The Labute approximate surface area is 122 Å². The number of carbonyl (C=O) groups excluding carboxylic acids is 1. The molecular formula is C15H19NO3S. The summed E-state index contributed by atoms with van der Waals surface area (Å²) >= 11 is 1.60. The van der Waals surface area contributed by atoms with Gasteiger partial charge >= 0.3 is 5.97 Å². The van der Waals surface area contributed by atoms with E-state index in [1.165, 1.54) is 16.9 Å². The molecule has 1 aromatic heterocycles. The molecule has 1 N–H and O–H groups in total. The Balaban J connectivity index is 1.74. The molecule has 1 aromatic rings. The molecular weight excluding hydrogens is 274 g/mol. The minimum Gasteiger partial charge on any atom is -0.481 e. The lowest BCUT2D eigenvalue weighted by molar-refractivity contribution is -0.141. The smallest absolute Gasteiger partial charge is 0.308 e. The molecule has 0 unspecified atom stereocenters. The first-order valence-electron chi connectivity index (χ1n) is 7.18. The maximum Gasteiger partial charge on any atom is 0.308 e. The van der Waals surface area contributed by atoms with Crippen molar-refractivity contribution in [3.8, 4) is 0 Å². The van der Waals surface area contributed by atoms with E-state index in [0.29, 0.717) is 25.4 Å². The molecule has 2 atom stereocenters. The minimum absolute atomic E-state index is 0.0146. The van der Waals surface area contributed by atoms with Crippen molar-refractivity contribution >= 4 is 23.2 Å². The van der Waals surface area contributed by atoms with Crippen LogP contribution in [0.15, 0.2) is 6.07 Å². The molecule has 108 valence electrons. The van der Waals surface area contributed by atoms with E-state index in [4.69, 9.17) is 5.11 Å². The van der Waals surface area contributed by atoms with Crippen LogP contribution in [0.1, 0.15) is 39.9 Å². The SMILES string of the molecule is C[C@H]1CCc2sc(C(=O)N3CC[C@@H](C(=O)O)C3)cc2C1. The monoisotopic (exact) mass is 293 g/mol. The van der Waals surface area contributed by atoms with Crippen LogP contribution in [0.25, 0.3) is 0 Å². The zero-order valence-corrected chi connectivity index (χ0v) is 12.4. The number of hydrogen-bond acceptors (Lipinski definition) is 3. The first-order chi connectivity index (χ1) is 9.54. The maximum absolute atomic E-state index is 12.5. The van der Waals surface area contributed by atoms with Crippen molar-refractivity contribution in [3.63, 3.8) is 0 Å². The van der Waals surface area contributed by atoms with Crippen LogP contribution in [0.2, 0.25) is 0 Å². The lowest BCUT2D eigenvalue weighted by Crippen LogP contribution is -2.29. The van der Waals surface area contributed by atoms with Crippen LogP contribution >= 0.6 is 11.3 Å². The molecule has 0 aromatic carbocycles. The number of carboxylic acid groups (broad SMARTS) is 1. The van der Waals surface area contributed by atoms with Crippen molar-refractivity contribution in [1.29, 1.82) is 0 Å². The highest BCUT2D eigenvalue weighted by Crippen LogP contribution is 2.33. The quantitative estimate of drug-likeness (QED) is 0.911. The van der Waals surface area contributed by atoms with Crippen LogP contribution < -0.4 is 0 Å². The summed E-state index contributed by atoms with van der Waals surface area (Å²) in [6, 6.07) is 2.03. The number of nitrogens with zero attached hydrogens (tertiary/aromatic N) is 1. The molecule has 0 bridgehead atoms. The van der Waals surface area contributed by atoms with Gasteiger partial charge in [0.15, 0.2) is 0 Å². The third-order valence-corrected chi connectivity index (χ3v) is 5.59. The van der Waals surface area contributed by atoms with Crippen LogP contribution in [0.5, 0.6) is 0 Å². The van der Waals surface area contributed by atoms with Gasteiger partial charge < -0.3 is 10.0 Å². The van der Waals surface area contributed by atoms with Gasteiger partial charge in [-0.1, -0.05) is 6.92 Å². The zero-order valence-electron chi connectivity index (χ0n) is 11.6. The third-order valence-electron chi connectivity index (χ3n) is 4.36. The summed E-state index contributed by atoms with van der Waals surface area (Å²) in [6.07, 6.45) is 3.91. The molecule has 1 saturated heterocycles. The molecule has 1 aliphatic heterocycles. The van der Waals surface area contributed by atoms with Crippen molar-refractivity contribution in [2.24, 2.45) is 11.8 Å². The van der Waals surface area contributed by atoms with E-state index >= 15 is 0 Å². The van der Waals surface area contributed by atoms with Crippen molar-refractivity contribution in [2.75, 3.05) is 13.1 Å². The summed E-state index contributed by atoms with van der Waals surface area (Å²) in [4.78, 5) is 27.3. The Morgan fingerprint density at radius 3 is 2.90 bits per heavy atom. The Morgan fingerprint density at radius 1 is 1.40 bits per heavy atom. The van der Waals surface area contributed by atoms with Crippen molar-refractivity contribution in [1.82, 2.24) is 4.90 Å². The predicted octanol–water partition coefficient (Wildman–Crippen LogP) is 2.42. The summed E-state index contributed by atoms with van der Waals surface area (Å²) in [6.45, 7) is 3.17. The molecule has 0 saturated carbocycles. The lowest BCUT2D eigenvalue weighted by Gasteiger charge is -2.16. The number of fused-ring (bicyclic) bond motifs is 1. The van der Waals surface area contributed by atoms with Gasteiger partial charge in [-0.15, -0.1) is 11.3 Å². The van der Waals surface area contributed by atoms with E-state index in [2.05, 4.69) is 6.92 Å². The molecule has 1 fully saturated rings. The van der Waals surface area contributed by atoms with Gasteiger partial charge in [0.2, 0.25) is 0 Å². The third kappa shape index (κ3) is 2.46. The van der Waals surface area contributed by atoms with Gasteiger partial charge in [0.05, 0.1) is 10.8 Å². The van der Waals surface area contributed by atoms with Crippen LogP contribution in [-0.4, -0.2) is 35.0 Å². The number of likely N-dealkylation sites (tertiary alicyclic amines) is 1. The van der Waals surface area contributed by atoms with Crippen LogP contribution in [0, 0.1) is 11.8 Å². The highest BCUT2D eigenvalue weighted by molar-refractivity contribution is 7.14. The topological polar surface area (TPSA) is 57.6 Å². The van der Waals surface area contributed by atoms with E-state index in [0.717, 1.165) is 17.7 Å². The minimum atomic E-state index is -0.792. The van der Waals surface area contributed by atoms with Crippen molar-refractivity contribution < 1.29 is 14.7 Å². The van der Waals surface area contributed by atoms with Crippen molar-refractivity contribution in [3.05, 3.63) is 21.4 Å². The van der Waals surface area contributed by atoms with Gasteiger partial charge in [-0.05, 0) is 43.2 Å². The summed E-state index contributed by atoms with van der Waals surface area (Å²) < 4.78 is 0. The van der Waals surface area contributed by atoms with Gasteiger partial charge in [0, 0.05) is 18.0 Å².